The minimum absolute atomic E-state index is 0.0218. The molecule has 3 heterocycles. The van der Waals surface area contributed by atoms with Gasteiger partial charge in [-0.1, -0.05) is 13.8 Å². The van der Waals surface area contributed by atoms with Gasteiger partial charge in [-0.25, -0.2) is 0 Å². The first-order valence-electron chi connectivity index (χ1n) is 12.4. The summed E-state index contributed by atoms with van der Waals surface area (Å²) in [5, 5.41) is 31.5. The van der Waals surface area contributed by atoms with E-state index >= 15 is 0 Å². The number of benzene rings is 1. The summed E-state index contributed by atoms with van der Waals surface area (Å²) in [5.41, 5.74) is 3.21. The van der Waals surface area contributed by atoms with Gasteiger partial charge < -0.3 is 20.5 Å². The zero-order valence-electron chi connectivity index (χ0n) is 19.9. The molecule has 1 aromatic carbocycles. The van der Waals surface area contributed by atoms with Gasteiger partial charge in [-0.05, 0) is 56.7 Å². The Labute approximate surface area is 199 Å². The highest BCUT2D eigenvalue weighted by molar-refractivity contribution is 6.05. The highest BCUT2D eigenvalue weighted by atomic mass is 16.5. The number of rotatable bonds is 5. The average Bonchev–Trinajstić information content (AvgIpc) is 3.48. The van der Waals surface area contributed by atoms with E-state index in [4.69, 9.17) is 5.10 Å². The number of nitrogens with zero attached hydrogens (tertiary/aromatic N) is 4. The summed E-state index contributed by atoms with van der Waals surface area (Å²) < 4.78 is 2.76. The molecule has 8 heteroatoms. The van der Waals surface area contributed by atoms with Gasteiger partial charge >= 0.3 is 5.91 Å². The summed E-state index contributed by atoms with van der Waals surface area (Å²) in [4.78, 5) is 15.5. The van der Waals surface area contributed by atoms with E-state index in [0.717, 1.165) is 72.9 Å². The Balaban J connectivity index is 1.49. The van der Waals surface area contributed by atoms with Gasteiger partial charge in [-0.15, -0.1) is 0 Å². The van der Waals surface area contributed by atoms with Crippen LogP contribution >= 0.6 is 0 Å². The van der Waals surface area contributed by atoms with Crippen molar-refractivity contribution in [3.8, 4) is 0 Å². The van der Waals surface area contributed by atoms with Gasteiger partial charge in [0.2, 0.25) is 0 Å². The number of aliphatic hydroxyl groups is 1. The van der Waals surface area contributed by atoms with Crippen LogP contribution in [0.3, 0.4) is 0 Å². The predicted octanol–water partition coefficient (Wildman–Crippen LogP) is 4.12. The van der Waals surface area contributed by atoms with Crippen LogP contribution in [0.5, 0.6) is 0 Å². The van der Waals surface area contributed by atoms with Crippen LogP contribution in [0.4, 0.5) is 11.4 Å². The molecule has 1 saturated heterocycles. The largest absolute Gasteiger partial charge is 0.618 e. The van der Waals surface area contributed by atoms with Crippen LogP contribution in [0.2, 0.25) is 0 Å². The first kappa shape index (κ1) is 22.7. The van der Waals surface area contributed by atoms with Crippen LogP contribution in [0.15, 0.2) is 36.5 Å². The van der Waals surface area contributed by atoms with Gasteiger partial charge in [0.15, 0.2) is 5.69 Å². The second-order valence-electron chi connectivity index (χ2n) is 9.93. The van der Waals surface area contributed by atoms with Crippen molar-refractivity contribution in [2.24, 2.45) is 0 Å². The molecule has 180 valence electrons. The number of hydrogen-bond acceptors (Lipinski definition) is 5. The molecule has 0 radical (unpaired) electrons. The van der Waals surface area contributed by atoms with Crippen molar-refractivity contribution < 1.29 is 14.6 Å². The zero-order chi connectivity index (χ0) is 23.8. The maximum atomic E-state index is 13.2. The summed E-state index contributed by atoms with van der Waals surface area (Å²) >= 11 is 0. The van der Waals surface area contributed by atoms with Gasteiger partial charge in [0.05, 0.1) is 29.0 Å². The van der Waals surface area contributed by atoms with Crippen molar-refractivity contribution in [1.82, 2.24) is 9.78 Å². The Hall–Kier alpha value is -3.13. The van der Waals surface area contributed by atoms with E-state index in [2.05, 4.69) is 16.3 Å². The number of aliphatic hydroxyl groups excluding tert-OH is 1. The number of fused-ring (bicyclic) bond motifs is 1. The molecule has 0 bridgehead atoms. The Morgan fingerprint density at radius 1 is 1.18 bits per heavy atom. The maximum Gasteiger partial charge on any atom is 0.321 e. The Kier molecular flexibility index (Phi) is 6.16. The minimum Gasteiger partial charge on any atom is -0.618 e. The maximum absolute atomic E-state index is 13.2. The van der Waals surface area contributed by atoms with Crippen LogP contribution in [-0.2, 0) is 0 Å². The monoisotopic (exact) mass is 463 g/mol. The highest BCUT2D eigenvalue weighted by Crippen LogP contribution is 2.35. The topological polar surface area (TPSA) is 97.3 Å². The van der Waals surface area contributed by atoms with Gasteiger partial charge in [-0.3, -0.25) is 9.48 Å². The molecule has 2 N–H and O–H groups in total. The van der Waals surface area contributed by atoms with Crippen molar-refractivity contribution in [3.05, 3.63) is 53.1 Å². The number of aromatic nitrogens is 3. The Bertz CT molecular complexity index is 1190. The van der Waals surface area contributed by atoms with Gasteiger partial charge in [-0.2, -0.15) is 9.83 Å². The summed E-state index contributed by atoms with van der Waals surface area (Å²) in [5.74, 6) is -0.389. The molecule has 8 nitrogen and oxygen atoms in total. The fourth-order valence-electron chi connectivity index (χ4n) is 5.20. The minimum atomic E-state index is -0.411. The van der Waals surface area contributed by atoms with E-state index in [1.807, 2.05) is 30.8 Å². The number of carbonyl (C=O) groups excluding carboxylic acids is 1. The summed E-state index contributed by atoms with van der Waals surface area (Å²) in [7, 11) is 0. The Morgan fingerprint density at radius 2 is 1.91 bits per heavy atom. The molecule has 5 rings (SSSR count). The first-order chi connectivity index (χ1) is 16.4. The van der Waals surface area contributed by atoms with Crippen LogP contribution in [0.25, 0.3) is 10.9 Å². The smallest absolute Gasteiger partial charge is 0.321 e. The molecule has 34 heavy (non-hydrogen) atoms. The normalized spacial score (nSPS) is 20.9. The van der Waals surface area contributed by atoms with Crippen LogP contribution in [0.1, 0.15) is 80.5 Å². The number of pyridine rings is 1. The molecule has 1 aliphatic carbocycles. The fourth-order valence-corrected chi connectivity index (χ4v) is 5.20. The number of hydrogen-bond donors (Lipinski definition) is 2. The molecule has 2 aliphatic rings. The Morgan fingerprint density at radius 3 is 2.62 bits per heavy atom. The van der Waals surface area contributed by atoms with Gasteiger partial charge in [0.25, 0.3) is 5.69 Å². The highest BCUT2D eigenvalue weighted by Gasteiger charge is 2.25. The van der Waals surface area contributed by atoms with E-state index < -0.39 is 5.91 Å². The fraction of sp³-hybridized carbons (Fsp3) is 0.500. The van der Waals surface area contributed by atoms with E-state index in [-0.39, 0.29) is 23.8 Å². The molecule has 2 fully saturated rings. The third-order valence-corrected chi connectivity index (χ3v) is 7.17. The quantitative estimate of drug-likeness (QED) is 0.438. The van der Waals surface area contributed by atoms with Crippen molar-refractivity contribution >= 4 is 28.2 Å². The molecule has 3 aromatic rings. The molecule has 1 aliphatic heterocycles. The zero-order valence-corrected chi connectivity index (χ0v) is 19.9. The van der Waals surface area contributed by atoms with Crippen molar-refractivity contribution in [2.75, 3.05) is 23.3 Å². The summed E-state index contributed by atoms with van der Waals surface area (Å²) in [6, 6.07) is 9.40. The summed E-state index contributed by atoms with van der Waals surface area (Å²) in [6.07, 6.45) is 7.47. The second-order valence-corrected chi connectivity index (χ2v) is 9.93. The van der Waals surface area contributed by atoms with E-state index in [9.17, 15) is 15.1 Å². The molecule has 1 amide bonds. The molecular weight excluding hydrogens is 430 g/mol. The lowest BCUT2D eigenvalue weighted by atomic mass is 9.93. The molecule has 1 saturated carbocycles. The second kappa shape index (κ2) is 9.25. The van der Waals surface area contributed by atoms with Crippen molar-refractivity contribution in [3.63, 3.8) is 0 Å². The van der Waals surface area contributed by atoms with E-state index in [0.29, 0.717) is 11.4 Å². The molecule has 2 aromatic heterocycles. The molecule has 0 unspecified atom stereocenters. The number of nitrogens with one attached hydrogen (secondary N) is 1. The third-order valence-electron chi connectivity index (χ3n) is 7.17. The van der Waals surface area contributed by atoms with E-state index in [1.165, 1.54) is 0 Å². The summed E-state index contributed by atoms with van der Waals surface area (Å²) in [6.45, 7) is 5.74. The van der Waals surface area contributed by atoms with E-state index in [1.54, 1.807) is 18.2 Å². The van der Waals surface area contributed by atoms with Crippen LogP contribution in [0, 0.1) is 5.21 Å². The van der Waals surface area contributed by atoms with Crippen LogP contribution < -0.4 is 14.9 Å². The molecule has 0 spiro atoms. The van der Waals surface area contributed by atoms with Crippen molar-refractivity contribution in [2.45, 2.75) is 70.4 Å². The first-order valence-corrected chi connectivity index (χ1v) is 12.4. The lowest BCUT2D eigenvalue weighted by molar-refractivity contribution is -0.617. The van der Waals surface area contributed by atoms with Crippen LogP contribution in [-0.4, -0.2) is 40.0 Å². The molecular formula is C26H33N5O3. The predicted molar refractivity (Wildman–Crippen MR) is 132 cm³/mol. The third kappa shape index (κ3) is 4.34. The van der Waals surface area contributed by atoms with Gasteiger partial charge in [0, 0.05) is 42.7 Å². The SMILES string of the molecule is CC(C)c1cccc(C(=O)Nc2cc3cn(C4CCC(O)CC4)nc3cc2N2CCCC2)[n+]1[O-]. The number of amides is 1. The lowest BCUT2D eigenvalue weighted by Gasteiger charge is -2.25. The average molecular weight is 464 g/mol. The molecule has 0 atom stereocenters. The number of carbonyl (C=O) groups is 1. The lowest BCUT2D eigenvalue weighted by Crippen LogP contribution is -2.41. The standard InChI is InChI=1S/C26H33N5O3/c1-17(2)23-6-5-7-24(31(23)34)26(33)27-22-14-18-16-30(19-8-10-20(32)11-9-19)28-21(18)15-25(22)29-12-3-4-13-29/h5-7,14-17,19-20,32H,3-4,8-13H2,1-2H3,(H,27,33). The van der Waals surface area contributed by atoms with Crippen molar-refractivity contribution in [1.29, 1.82) is 0 Å². The van der Waals surface area contributed by atoms with Gasteiger partial charge in [0.1, 0.15) is 0 Å². The number of anilines is 2.